The van der Waals surface area contributed by atoms with Crippen molar-refractivity contribution in [3.63, 3.8) is 0 Å². The summed E-state index contributed by atoms with van der Waals surface area (Å²) in [6.45, 7) is 0.524. The third-order valence-corrected chi connectivity index (χ3v) is 6.91. The van der Waals surface area contributed by atoms with Gasteiger partial charge in [0.15, 0.2) is 0 Å². The Labute approximate surface area is 225 Å². The molecule has 39 heavy (non-hydrogen) atoms. The molecule has 0 radical (unpaired) electrons. The summed E-state index contributed by atoms with van der Waals surface area (Å²) >= 11 is 0. The van der Waals surface area contributed by atoms with Gasteiger partial charge in [-0.3, -0.25) is 0 Å². The second-order valence-electron chi connectivity index (χ2n) is 9.07. The van der Waals surface area contributed by atoms with Crippen LogP contribution in [0.5, 0.6) is 0 Å². The molecule has 0 unspecified atom stereocenters. The number of hydrogen-bond donors (Lipinski definition) is 3. The number of sulfonamides is 1. The number of primary sulfonamides is 1. The number of rotatable bonds is 9. The minimum atomic E-state index is -3.59. The highest BCUT2D eigenvalue weighted by molar-refractivity contribution is 7.88. The number of aromatic nitrogens is 4. The van der Waals surface area contributed by atoms with E-state index >= 15 is 0 Å². The number of aryl methyl sites for hydroxylation is 1. The molecule has 0 bridgehead atoms. The molecular weight excluding hydrogens is 519 g/mol. The van der Waals surface area contributed by atoms with Crippen LogP contribution < -0.4 is 20.7 Å². The zero-order valence-electron chi connectivity index (χ0n) is 21.3. The molecule has 2 aromatic heterocycles. The lowest BCUT2D eigenvalue weighted by molar-refractivity contribution is 0.597. The summed E-state index contributed by atoms with van der Waals surface area (Å²) < 4.78 is 37.8. The Balaban J connectivity index is 1.30. The lowest BCUT2D eigenvalue weighted by Gasteiger charge is -2.19. The van der Waals surface area contributed by atoms with Gasteiger partial charge in [-0.2, -0.15) is 4.98 Å². The maximum absolute atomic E-state index is 13.2. The van der Waals surface area contributed by atoms with Gasteiger partial charge in [-0.25, -0.2) is 27.9 Å². The van der Waals surface area contributed by atoms with Gasteiger partial charge in [0.25, 0.3) is 0 Å². The van der Waals surface area contributed by atoms with E-state index in [-0.39, 0.29) is 11.6 Å². The van der Waals surface area contributed by atoms with Crippen LogP contribution in [0.2, 0.25) is 0 Å². The number of anilines is 5. The monoisotopic (exact) mass is 546 g/mol. The van der Waals surface area contributed by atoms with E-state index in [1.807, 2.05) is 41.8 Å². The first kappa shape index (κ1) is 26.1. The highest BCUT2D eigenvalue weighted by atomic mass is 32.2. The predicted octanol–water partition coefficient (Wildman–Crippen LogP) is 4.41. The first-order valence-corrected chi connectivity index (χ1v) is 13.7. The molecule has 10 nitrogen and oxygen atoms in total. The number of nitrogens with zero attached hydrogens (tertiary/aromatic N) is 5. The maximum Gasteiger partial charge on any atom is 0.229 e. The van der Waals surface area contributed by atoms with Crippen LogP contribution in [-0.2, 0) is 29.4 Å². The van der Waals surface area contributed by atoms with Crippen LogP contribution in [0.15, 0.2) is 79.0 Å². The van der Waals surface area contributed by atoms with Crippen molar-refractivity contribution >= 4 is 50.1 Å². The number of imidazole rings is 1. The van der Waals surface area contributed by atoms with Crippen molar-refractivity contribution < 1.29 is 12.8 Å². The average molecular weight is 547 g/mol. The second kappa shape index (κ2) is 10.7. The van der Waals surface area contributed by atoms with E-state index < -0.39 is 10.0 Å². The molecule has 0 aliphatic rings. The molecule has 0 fully saturated rings. The van der Waals surface area contributed by atoms with Crippen LogP contribution in [0.1, 0.15) is 11.1 Å². The van der Waals surface area contributed by atoms with Crippen molar-refractivity contribution in [2.45, 2.75) is 12.3 Å². The summed E-state index contributed by atoms with van der Waals surface area (Å²) in [4.78, 5) is 15.6. The van der Waals surface area contributed by atoms with E-state index in [0.717, 1.165) is 22.3 Å². The molecule has 0 amide bonds. The Kier molecular flexibility index (Phi) is 7.13. The third-order valence-electron chi connectivity index (χ3n) is 6.18. The van der Waals surface area contributed by atoms with Crippen LogP contribution in [0, 0.1) is 5.82 Å². The van der Waals surface area contributed by atoms with Crippen molar-refractivity contribution in [2.75, 3.05) is 22.6 Å². The number of nitrogens with two attached hydrogens (primary N) is 1. The number of hydrogen-bond acceptors (Lipinski definition) is 8. The molecule has 0 saturated heterocycles. The molecule has 0 atom stereocenters. The molecule has 4 N–H and O–H groups in total. The van der Waals surface area contributed by atoms with Crippen molar-refractivity contribution in [1.82, 2.24) is 19.5 Å². The summed E-state index contributed by atoms with van der Waals surface area (Å²) in [5, 5.41) is 11.6. The summed E-state index contributed by atoms with van der Waals surface area (Å²) in [6, 6.07) is 21.0. The number of nitrogens with one attached hydrogen (secondary N) is 2. The van der Waals surface area contributed by atoms with E-state index in [4.69, 9.17) is 10.1 Å². The van der Waals surface area contributed by atoms with Crippen LogP contribution in [0.3, 0.4) is 0 Å². The van der Waals surface area contributed by atoms with Crippen LogP contribution in [0.4, 0.5) is 33.5 Å². The second-order valence-corrected chi connectivity index (χ2v) is 10.7. The van der Waals surface area contributed by atoms with Gasteiger partial charge in [-0.05, 0) is 59.7 Å². The summed E-state index contributed by atoms with van der Waals surface area (Å²) in [7, 11) is 0.256. The third kappa shape index (κ3) is 6.30. The molecular formula is C27H27FN8O2S. The average Bonchev–Trinajstić information content (AvgIpc) is 3.23. The van der Waals surface area contributed by atoms with Crippen molar-refractivity contribution in [3.05, 3.63) is 95.9 Å². The molecule has 3 aromatic carbocycles. The van der Waals surface area contributed by atoms with Gasteiger partial charge in [0.05, 0.1) is 16.8 Å². The zero-order valence-corrected chi connectivity index (χ0v) is 22.2. The summed E-state index contributed by atoms with van der Waals surface area (Å²) in [6.07, 6.45) is 1.66. The quantitative estimate of drug-likeness (QED) is 0.248. The zero-order chi connectivity index (χ0) is 27.6. The summed E-state index contributed by atoms with van der Waals surface area (Å²) in [5.41, 5.74) is 4.93. The van der Waals surface area contributed by atoms with E-state index in [2.05, 4.69) is 20.6 Å². The number of fused-ring (bicyclic) bond motifs is 1. The largest absolute Gasteiger partial charge is 0.352 e. The van der Waals surface area contributed by atoms with Crippen molar-refractivity contribution in [3.8, 4) is 0 Å². The Hall–Kier alpha value is -4.55. The molecule has 2 heterocycles. The smallest absolute Gasteiger partial charge is 0.229 e. The summed E-state index contributed by atoms with van der Waals surface area (Å²) in [5.74, 6) is 1.28. The molecule has 0 saturated carbocycles. The van der Waals surface area contributed by atoms with Gasteiger partial charge in [0.2, 0.25) is 21.9 Å². The first-order valence-electron chi connectivity index (χ1n) is 12.0. The minimum absolute atomic E-state index is 0.226. The van der Waals surface area contributed by atoms with E-state index in [1.54, 1.807) is 48.7 Å². The van der Waals surface area contributed by atoms with Crippen LogP contribution in [0.25, 0.3) is 11.0 Å². The maximum atomic E-state index is 13.2. The highest BCUT2D eigenvalue weighted by Crippen LogP contribution is 2.28. The molecule has 5 rings (SSSR count). The van der Waals surface area contributed by atoms with Gasteiger partial charge < -0.3 is 20.1 Å². The fourth-order valence-electron chi connectivity index (χ4n) is 4.11. The fraction of sp³-hybridized carbons (Fsp3) is 0.148. The highest BCUT2D eigenvalue weighted by Gasteiger charge is 2.13. The first-order chi connectivity index (χ1) is 18.6. The van der Waals surface area contributed by atoms with Crippen molar-refractivity contribution in [1.29, 1.82) is 0 Å². The normalized spacial score (nSPS) is 11.5. The van der Waals surface area contributed by atoms with Crippen LogP contribution in [-0.4, -0.2) is 35.0 Å². The Bertz CT molecular complexity index is 1720. The number of benzene rings is 3. The van der Waals surface area contributed by atoms with Gasteiger partial charge in [0, 0.05) is 38.2 Å². The Morgan fingerprint density at radius 2 is 1.69 bits per heavy atom. The molecule has 5 aromatic rings. The van der Waals surface area contributed by atoms with Gasteiger partial charge >= 0.3 is 0 Å². The lowest BCUT2D eigenvalue weighted by Crippen LogP contribution is -2.14. The Morgan fingerprint density at radius 3 is 2.41 bits per heavy atom. The van der Waals surface area contributed by atoms with Gasteiger partial charge in [-0.1, -0.05) is 24.3 Å². The van der Waals surface area contributed by atoms with Gasteiger partial charge in [0.1, 0.15) is 11.6 Å². The standard InChI is InChI=1S/C27H27FN8O2S/c1-35(25-13-14-30-26(34-25)32-21-9-5-19(6-10-21)17-39(29,37)38)22-11-12-24-23(15-22)33-27(36(24)2)31-16-18-3-7-20(28)8-4-18/h3-15H,16-17H2,1-2H3,(H,31,33)(H2,29,37,38)(H,30,32,34). The van der Waals surface area contributed by atoms with Gasteiger partial charge in [-0.15, -0.1) is 0 Å². The number of halogens is 1. The van der Waals surface area contributed by atoms with E-state index in [0.29, 0.717) is 35.5 Å². The van der Waals surface area contributed by atoms with Crippen LogP contribution >= 0.6 is 0 Å². The topological polar surface area (TPSA) is 131 Å². The predicted molar refractivity (Wildman–Crippen MR) is 151 cm³/mol. The molecule has 0 spiro atoms. The minimum Gasteiger partial charge on any atom is -0.352 e. The lowest BCUT2D eigenvalue weighted by atomic mass is 10.2. The molecule has 12 heteroatoms. The van der Waals surface area contributed by atoms with Crippen molar-refractivity contribution in [2.24, 2.45) is 12.2 Å². The Morgan fingerprint density at radius 1 is 0.974 bits per heavy atom. The van der Waals surface area contributed by atoms with E-state index in [9.17, 15) is 12.8 Å². The molecule has 200 valence electrons. The molecule has 0 aliphatic carbocycles. The fourth-order valence-corrected chi connectivity index (χ4v) is 4.77. The molecule has 0 aliphatic heterocycles. The van der Waals surface area contributed by atoms with E-state index in [1.165, 1.54) is 12.1 Å². The SMILES string of the molecule is CN(c1ccc2c(c1)nc(NCc1ccc(F)cc1)n2C)c1ccnc(Nc2ccc(CS(N)(=O)=O)cc2)n1.